The molecule has 0 bridgehead atoms. The third-order valence-electron chi connectivity index (χ3n) is 14.2. The maximum Gasteiger partial charge on any atom is 0.426 e. The van der Waals surface area contributed by atoms with Crippen molar-refractivity contribution in [1.82, 2.24) is 29.5 Å². The van der Waals surface area contributed by atoms with Crippen LogP contribution in [0.5, 0.6) is 0 Å². The first-order chi connectivity index (χ1) is 43.9. The Labute approximate surface area is 530 Å². The molecule has 93 heavy (non-hydrogen) atoms. The molecule has 0 aliphatic carbocycles. The topological polar surface area (TPSA) is 209 Å². The number of primary amides is 2. The molecule has 15 nitrogen and oxygen atoms in total. The van der Waals surface area contributed by atoms with Crippen molar-refractivity contribution in [2.24, 2.45) is 11.5 Å². The van der Waals surface area contributed by atoms with Crippen molar-refractivity contribution in [2.45, 2.75) is 104 Å². The third kappa shape index (κ3) is 18.8. The second-order valence-corrected chi connectivity index (χ2v) is 21.7. The second-order valence-electron chi connectivity index (χ2n) is 20.9. The van der Waals surface area contributed by atoms with Gasteiger partial charge in [0.25, 0.3) is 37.5 Å². The van der Waals surface area contributed by atoms with Crippen LogP contribution in [0.1, 0.15) is 122 Å². The van der Waals surface area contributed by atoms with E-state index in [1.807, 2.05) is 20.5 Å². The number of carbonyl (C=O) groups excluding carboxylic acids is 4. The lowest BCUT2D eigenvalue weighted by molar-refractivity contribution is -0.121. The molecule has 4 aromatic carbocycles. The molecule has 2 amide bonds. The summed E-state index contributed by atoms with van der Waals surface area (Å²) in [5, 5.41) is 7.01. The number of Topliss-reactive ketones (excluding diaryl/α,β-unsaturated/α-hetero) is 2. The van der Waals surface area contributed by atoms with Gasteiger partial charge in [-0.15, -0.1) is 0 Å². The third-order valence-corrected chi connectivity index (χ3v) is 15.0. The zero-order valence-corrected chi connectivity index (χ0v) is 50.8. The number of nitrogens with two attached hydrogens (primary N) is 2. The normalized spacial score (nSPS) is 13.1. The minimum atomic E-state index is -3.24. The molecule has 4 aromatic heterocycles. The monoisotopic (exact) mass is 1370 g/mol. The molecule has 1 saturated heterocycles. The highest BCUT2D eigenvalue weighted by atomic mass is 79.9. The molecule has 0 unspecified atom stereocenters. The number of halogens is 15. The van der Waals surface area contributed by atoms with E-state index in [9.17, 15) is 80.6 Å². The molecular formula is C60H52B3BrF14N8O7. The quantitative estimate of drug-likeness (QED) is 0.0482. The highest BCUT2D eigenvalue weighted by molar-refractivity contribution is 9.10. The molecule has 0 saturated carbocycles. The maximum absolute atomic E-state index is 14.2. The summed E-state index contributed by atoms with van der Waals surface area (Å²) >= 11 is 2.70. The first-order valence-electron chi connectivity index (χ1n) is 27.8. The second kappa shape index (κ2) is 31.9. The van der Waals surface area contributed by atoms with Gasteiger partial charge in [0.2, 0.25) is 0 Å². The molecule has 2 atom stereocenters. The SMILES string of the molecule is CB1OB(C)OB(C)O1.Cc1c(C(F)F)nn(CC(=O)C[C@@H](Cc2cc(F)cc(F)c2)c2ncccc2-c2ccc(F)c(C(N)=O)c2)c1C(F)F.NC(=O)c1cc(-c2cccnc2[C@@H](CC(=O)Cn2nc(C(F)F)c(Br)c2C(F)F)Cc2cc(F)cc(F)c2)ccc1F. The van der Waals surface area contributed by atoms with Crippen LogP contribution in [-0.2, 0) is 49.2 Å². The zero-order chi connectivity index (χ0) is 68.3. The number of rotatable bonds is 22. The zero-order valence-electron chi connectivity index (χ0n) is 49.2. The van der Waals surface area contributed by atoms with Crippen LogP contribution >= 0.6 is 15.9 Å². The lowest BCUT2D eigenvalue weighted by atomic mass is 9.74. The standard InChI is InChI=1S/C29H23F7N4O2.C28H20BrF7N4O2.C3H9B3O3/c1-14-24(27(33)34)39-40(26(14)28(35)36)13-20(41)10-17(7-15-8-18(30)12-19(31)9-15)25-21(3-2-6-38-25)16-4-5-23(32)22(11-16)29(37)42;29-22-24(26(33)34)39-40(25(22)27(35)36)12-18(41)9-15(6-13-7-16(30)11-17(31)8-13)23-19(2-1-5-38-23)14-3-4-21(32)20(10-14)28(37)42;1-4-7-5(2)9-6(3)8-4/h2-6,8-9,11-12,17,27-28H,7,10,13H2,1H3,(H2,37,42);1-5,7-8,10-11,15,26-27H,6,9,12H2,(H2,37,42);1-3H3/t17-;15-;/m11./s1. The minimum Gasteiger partial charge on any atom is -0.453 e. The van der Waals surface area contributed by atoms with Gasteiger partial charge in [0.15, 0.2) is 11.6 Å². The Morgan fingerprint density at radius 1 is 0.505 bits per heavy atom. The van der Waals surface area contributed by atoms with Gasteiger partial charge >= 0.3 is 21.4 Å². The number of pyridine rings is 2. The molecule has 1 aliphatic rings. The van der Waals surface area contributed by atoms with E-state index in [0.29, 0.717) is 38.2 Å². The molecule has 4 N–H and O–H groups in total. The molecule has 488 valence electrons. The number of amides is 2. The molecule has 33 heteroatoms. The molecule has 1 fully saturated rings. The first-order valence-corrected chi connectivity index (χ1v) is 28.6. The van der Waals surface area contributed by atoms with Gasteiger partial charge in [-0.25, -0.2) is 61.5 Å². The molecular weight excluding hydrogens is 1320 g/mol. The number of nitrogens with zero attached hydrogens (tertiary/aromatic N) is 6. The van der Waals surface area contributed by atoms with E-state index in [1.54, 1.807) is 12.1 Å². The van der Waals surface area contributed by atoms with E-state index in [-0.39, 0.29) is 62.3 Å². The van der Waals surface area contributed by atoms with E-state index >= 15 is 0 Å². The van der Waals surface area contributed by atoms with Crippen molar-refractivity contribution in [3.05, 3.63) is 211 Å². The van der Waals surface area contributed by atoms with Gasteiger partial charge in [0.1, 0.15) is 70.8 Å². The molecule has 5 heterocycles. The van der Waals surface area contributed by atoms with Crippen LogP contribution in [0.4, 0.5) is 61.5 Å². The summed E-state index contributed by atoms with van der Waals surface area (Å²) in [6.07, 6.45) is -11.2. The van der Waals surface area contributed by atoms with Gasteiger partial charge in [-0.1, -0.05) is 24.3 Å². The van der Waals surface area contributed by atoms with E-state index in [0.717, 1.165) is 43.3 Å². The predicted octanol–water partition coefficient (Wildman–Crippen LogP) is 14.1. The Morgan fingerprint density at radius 2 is 0.871 bits per heavy atom. The molecule has 0 spiro atoms. The Hall–Kier alpha value is -8.55. The van der Waals surface area contributed by atoms with Crippen LogP contribution in [-0.4, -0.2) is 74.3 Å². The predicted molar refractivity (Wildman–Crippen MR) is 316 cm³/mol. The average Bonchev–Trinajstić information content (AvgIpc) is 1.79. The summed E-state index contributed by atoms with van der Waals surface area (Å²) in [6.45, 7) is 5.03. The van der Waals surface area contributed by atoms with Crippen molar-refractivity contribution in [1.29, 1.82) is 0 Å². The molecule has 9 rings (SSSR count). The van der Waals surface area contributed by atoms with E-state index < -0.39 is 166 Å². The van der Waals surface area contributed by atoms with Crippen LogP contribution in [0.3, 0.4) is 0 Å². The largest absolute Gasteiger partial charge is 0.453 e. The summed E-state index contributed by atoms with van der Waals surface area (Å²) in [4.78, 5) is 58.6. The summed E-state index contributed by atoms with van der Waals surface area (Å²) in [5.74, 6) is -10.7. The van der Waals surface area contributed by atoms with Gasteiger partial charge in [0, 0.05) is 65.9 Å². The summed E-state index contributed by atoms with van der Waals surface area (Å²) in [6, 6.07) is 18.7. The molecule has 0 radical (unpaired) electrons. The van der Waals surface area contributed by atoms with E-state index in [4.69, 9.17) is 25.2 Å². The van der Waals surface area contributed by atoms with Crippen molar-refractivity contribution in [3.8, 4) is 22.3 Å². The number of alkyl halides is 8. The Morgan fingerprint density at radius 3 is 1.23 bits per heavy atom. The number of aromatic nitrogens is 6. The maximum atomic E-state index is 14.2. The molecule has 1 aliphatic heterocycles. The van der Waals surface area contributed by atoms with Crippen LogP contribution < -0.4 is 11.5 Å². The lowest BCUT2D eigenvalue weighted by Gasteiger charge is -2.25. The fraction of sp³-hybridized carbons (Fsp3) is 0.267. The fourth-order valence-electron chi connectivity index (χ4n) is 10.3. The first kappa shape index (κ1) is 71.9. The number of ketones is 2. The molecule has 8 aromatic rings. The summed E-state index contributed by atoms with van der Waals surface area (Å²) in [7, 11) is -0.406. The average molecular weight is 1380 g/mol. The number of carbonyl (C=O) groups is 4. The van der Waals surface area contributed by atoms with Gasteiger partial charge in [-0.05, 0) is 139 Å². The van der Waals surface area contributed by atoms with Crippen LogP contribution in [0.25, 0.3) is 22.3 Å². The Kier molecular flexibility index (Phi) is 24.6. The summed E-state index contributed by atoms with van der Waals surface area (Å²) in [5.41, 5.74) is 7.62. The van der Waals surface area contributed by atoms with Crippen LogP contribution in [0.15, 0.2) is 114 Å². The Balaban J connectivity index is 0.000000232. The van der Waals surface area contributed by atoms with Gasteiger partial charge in [0.05, 0.1) is 27.0 Å². The fourth-order valence-corrected chi connectivity index (χ4v) is 11.0. The number of hydrogen-bond acceptors (Lipinski definition) is 11. The highest BCUT2D eigenvalue weighted by Gasteiger charge is 2.34. The van der Waals surface area contributed by atoms with Crippen LogP contribution in [0, 0.1) is 41.8 Å². The summed E-state index contributed by atoms with van der Waals surface area (Å²) < 4.78 is 208. The minimum absolute atomic E-state index is 0.133. The van der Waals surface area contributed by atoms with E-state index in [2.05, 4.69) is 36.1 Å². The van der Waals surface area contributed by atoms with Gasteiger partial charge in [-0.2, -0.15) is 10.2 Å². The van der Waals surface area contributed by atoms with Crippen molar-refractivity contribution >= 4 is 60.7 Å². The highest BCUT2D eigenvalue weighted by Crippen LogP contribution is 2.39. The van der Waals surface area contributed by atoms with Crippen molar-refractivity contribution < 1.29 is 94.4 Å². The lowest BCUT2D eigenvalue weighted by Crippen LogP contribution is -2.44. The number of benzene rings is 4. The smallest absolute Gasteiger partial charge is 0.426 e. The van der Waals surface area contributed by atoms with Crippen molar-refractivity contribution in [3.63, 3.8) is 0 Å². The van der Waals surface area contributed by atoms with E-state index in [1.165, 1.54) is 48.8 Å². The van der Waals surface area contributed by atoms with Gasteiger partial charge < -0.3 is 25.2 Å². The Bertz CT molecular complexity index is 3720. The van der Waals surface area contributed by atoms with Gasteiger partial charge in [-0.3, -0.25) is 38.5 Å². The van der Waals surface area contributed by atoms with Crippen molar-refractivity contribution in [2.75, 3.05) is 0 Å². The van der Waals surface area contributed by atoms with Crippen LogP contribution in [0.2, 0.25) is 20.5 Å². The number of hydrogen-bond donors (Lipinski definition) is 2.